The Hall–Kier alpha value is -1.04. The molecule has 1 unspecified atom stereocenters. The topological polar surface area (TPSA) is 51.0 Å². The summed E-state index contributed by atoms with van der Waals surface area (Å²) in [4.78, 5) is 18.7. The third kappa shape index (κ3) is 3.75. The molecule has 0 aromatic carbocycles. The van der Waals surface area contributed by atoms with E-state index in [1.165, 1.54) is 0 Å². The number of thioether (sulfide) groups is 1. The molecule has 1 aromatic heterocycles. The molecule has 5 nitrogen and oxygen atoms in total. The Bertz CT molecular complexity index is 432. The Morgan fingerprint density at radius 3 is 2.95 bits per heavy atom. The molecular weight excluding hydrogens is 272 g/mol. The predicted molar refractivity (Wildman–Crippen MR) is 81.5 cm³/mol. The molecule has 20 heavy (non-hydrogen) atoms. The minimum Gasteiger partial charge on any atom is -0.342 e. The smallest absolute Gasteiger partial charge is 0.229 e. The maximum absolute atomic E-state index is 12.6. The van der Waals surface area contributed by atoms with Gasteiger partial charge in [0, 0.05) is 25.4 Å². The van der Waals surface area contributed by atoms with Gasteiger partial charge in [0.05, 0.1) is 5.41 Å². The lowest BCUT2D eigenvalue weighted by Gasteiger charge is -2.37. The normalized spacial score (nSPS) is 20.1. The van der Waals surface area contributed by atoms with Crippen molar-refractivity contribution in [2.45, 2.75) is 33.2 Å². The van der Waals surface area contributed by atoms with E-state index in [-0.39, 0.29) is 11.3 Å². The van der Waals surface area contributed by atoms with Gasteiger partial charge in [-0.05, 0) is 25.0 Å². The highest BCUT2D eigenvalue weighted by atomic mass is 32.2. The number of rotatable bonds is 5. The van der Waals surface area contributed by atoms with E-state index in [4.69, 9.17) is 0 Å². The largest absolute Gasteiger partial charge is 0.342 e. The molecule has 1 fully saturated rings. The molecule has 0 aliphatic carbocycles. The molecule has 2 heterocycles. The number of likely N-dealkylation sites (tertiary alicyclic amines) is 1. The van der Waals surface area contributed by atoms with Crippen molar-refractivity contribution in [3.63, 3.8) is 0 Å². The molecule has 1 atom stereocenters. The van der Waals surface area contributed by atoms with E-state index in [1.807, 2.05) is 23.4 Å². The number of amides is 1. The fourth-order valence-electron chi connectivity index (χ4n) is 2.84. The first-order valence-electron chi connectivity index (χ1n) is 7.13. The maximum Gasteiger partial charge on any atom is 0.229 e. The second kappa shape index (κ2) is 6.61. The zero-order valence-electron chi connectivity index (χ0n) is 12.6. The lowest BCUT2D eigenvalue weighted by molar-refractivity contribution is -0.141. The van der Waals surface area contributed by atoms with E-state index < -0.39 is 0 Å². The third-order valence-corrected chi connectivity index (χ3v) is 4.81. The highest BCUT2D eigenvalue weighted by Gasteiger charge is 2.34. The average molecular weight is 296 g/mol. The summed E-state index contributed by atoms with van der Waals surface area (Å²) in [5.41, 5.74) is -0.269. The van der Waals surface area contributed by atoms with Crippen LogP contribution in [-0.2, 0) is 11.3 Å². The van der Waals surface area contributed by atoms with Crippen LogP contribution in [0, 0.1) is 11.3 Å². The lowest BCUT2D eigenvalue weighted by Crippen LogP contribution is -2.47. The number of hydrogen-bond acceptors (Lipinski definition) is 4. The molecule has 1 aliphatic rings. The molecule has 0 radical (unpaired) electrons. The highest BCUT2D eigenvalue weighted by Crippen LogP contribution is 2.27. The number of carbonyl (C=O) groups excluding carboxylic acids is 1. The average Bonchev–Trinajstić information content (AvgIpc) is 2.91. The van der Waals surface area contributed by atoms with Gasteiger partial charge in [0.15, 0.2) is 0 Å². The number of nitrogens with zero attached hydrogens (tertiary/aromatic N) is 4. The second-order valence-corrected chi connectivity index (χ2v) is 7.06. The van der Waals surface area contributed by atoms with Crippen molar-refractivity contribution in [3.05, 3.63) is 12.7 Å². The Morgan fingerprint density at radius 2 is 2.30 bits per heavy atom. The number of carbonyl (C=O) groups is 1. The van der Waals surface area contributed by atoms with E-state index in [0.717, 1.165) is 38.2 Å². The van der Waals surface area contributed by atoms with Gasteiger partial charge in [-0.15, -0.1) is 0 Å². The standard InChI is InChI=1S/C14H24N4OS/c1-14(2,9-20-3)13(19)17-6-4-5-12(7-17)8-18-11-15-10-16-18/h10-12H,4-9H2,1-3H3. The summed E-state index contributed by atoms with van der Waals surface area (Å²) < 4.78 is 1.87. The van der Waals surface area contributed by atoms with Gasteiger partial charge < -0.3 is 4.90 Å². The highest BCUT2D eigenvalue weighted by molar-refractivity contribution is 7.98. The zero-order valence-corrected chi connectivity index (χ0v) is 13.4. The van der Waals surface area contributed by atoms with Gasteiger partial charge in [-0.3, -0.25) is 9.48 Å². The second-order valence-electron chi connectivity index (χ2n) is 6.19. The molecular formula is C14H24N4OS. The summed E-state index contributed by atoms with van der Waals surface area (Å²) in [5, 5.41) is 4.16. The van der Waals surface area contributed by atoms with E-state index in [1.54, 1.807) is 24.4 Å². The molecule has 0 N–H and O–H groups in total. The Labute approximate surface area is 125 Å². The van der Waals surface area contributed by atoms with E-state index in [9.17, 15) is 4.79 Å². The molecule has 1 amide bonds. The van der Waals surface area contributed by atoms with Crippen molar-refractivity contribution in [2.24, 2.45) is 11.3 Å². The summed E-state index contributed by atoms with van der Waals surface area (Å²) in [6.45, 7) is 6.69. The minimum atomic E-state index is -0.269. The molecule has 0 saturated carbocycles. The molecule has 0 spiro atoms. The molecule has 1 saturated heterocycles. The quantitative estimate of drug-likeness (QED) is 0.833. The van der Waals surface area contributed by atoms with Gasteiger partial charge >= 0.3 is 0 Å². The van der Waals surface area contributed by atoms with Crippen LogP contribution >= 0.6 is 11.8 Å². The van der Waals surface area contributed by atoms with Crippen LogP contribution in [0.3, 0.4) is 0 Å². The van der Waals surface area contributed by atoms with E-state index >= 15 is 0 Å². The van der Waals surface area contributed by atoms with Gasteiger partial charge in [0.1, 0.15) is 12.7 Å². The molecule has 1 aromatic rings. The van der Waals surface area contributed by atoms with Crippen molar-refractivity contribution in [1.82, 2.24) is 19.7 Å². The van der Waals surface area contributed by atoms with Crippen molar-refractivity contribution in [1.29, 1.82) is 0 Å². The van der Waals surface area contributed by atoms with Crippen LogP contribution in [0.5, 0.6) is 0 Å². The first-order valence-corrected chi connectivity index (χ1v) is 8.53. The Morgan fingerprint density at radius 1 is 1.50 bits per heavy atom. The van der Waals surface area contributed by atoms with Gasteiger partial charge in [0.25, 0.3) is 0 Å². The Balaban J connectivity index is 1.94. The maximum atomic E-state index is 12.6. The van der Waals surface area contributed by atoms with Crippen LogP contribution in [-0.4, -0.2) is 50.7 Å². The van der Waals surface area contributed by atoms with E-state index in [2.05, 4.69) is 16.3 Å². The molecule has 2 rings (SSSR count). The molecule has 6 heteroatoms. The summed E-state index contributed by atoms with van der Waals surface area (Å²) in [5.74, 6) is 1.64. The van der Waals surface area contributed by atoms with Crippen molar-refractivity contribution in [2.75, 3.05) is 25.1 Å². The van der Waals surface area contributed by atoms with Crippen LogP contribution in [0.25, 0.3) is 0 Å². The summed E-state index contributed by atoms with van der Waals surface area (Å²) in [7, 11) is 0. The summed E-state index contributed by atoms with van der Waals surface area (Å²) in [6, 6.07) is 0. The van der Waals surface area contributed by atoms with Crippen LogP contribution in [0.2, 0.25) is 0 Å². The summed E-state index contributed by atoms with van der Waals surface area (Å²) >= 11 is 1.74. The van der Waals surface area contributed by atoms with Crippen LogP contribution in [0.4, 0.5) is 0 Å². The Kier molecular flexibility index (Phi) is 5.07. The van der Waals surface area contributed by atoms with Crippen molar-refractivity contribution >= 4 is 17.7 Å². The fraction of sp³-hybridized carbons (Fsp3) is 0.786. The van der Waals surface area contributed by atoms with Gasteiger partial charge in [-0.2, -0.15) is 16.9 Å². The number of piperidine rings is 1. The van der Waals surface area contributed by atoms with Gasteiger partial charge in [-0.25, -0.2) is 4.98 Å². The third-order valence-electron chi connectivity index (χ3n) is 3.80. The number of hydrogen-bond donors (Lipinski definition) is 0. The monoisotopic (exact) mass is 296 g/mol. The molecule has 0 bridgehead atoms. The van der Waals surface area contributed by atoms with Crippen molar-refractivity contribution in [3.8, 4) is 0 Å². The van der Waals surface area contributed by atoms with Gasteiger partial charge in [-0.1, -0.05) is 13.8 Å². The first kappa shape index (κ1) is 15.4. The SMILES string of the molecule is CSCC(C)(C)C(=O)N1CCCC(Cn2cncn2)C1. The predicted octanol–water partition coefficient (Wildman–Crippen LogP) is 1.91. The zero-order chi connectivity index (χ0) is 14.6. The first-order chi connectivity index (χ1) is 9.53. The van der Waals surface area contributed by atoms with Crippen molar-refractivity contribution < 1.29 is 4.79 Å². The minimum absolute atomic E-state index is 0.269. The number of aromatic nitrogens is 3. The fourth-order valence-corrected chi connectivity index (χ4v) is 3.69. The van der Waals surface area contributed by atoms with Crippen LogP contribution < -0.4 is 0 Å². The molecule has 1 aliphatic heterocycles. The molecule has 112 valence electrons. The van der Waals surface area contributed by atoms with E-state index in [0.29, 0.717) is 5.92 Å². The lowest BCUT2D eigenvalue weighted by atomic mass is 9.91. The van der Waals surface area contributed by atoms with Gasteiger partial charge in [0.2, 0.25) is 5.91 Å². The van der Waals surface area contributed by atoms with Crippen LogP contribution in [0.15, 0.2) is 12.7 Å². The summed E-state index contributed by atoms with van der Waals surface area (Å²) in [6.07, 6.45) is 7.61. The van der Waals surface area contributed by atoms with Crippen LogP contribution in [0.1, 0.15) is 26.7 Å².